The molecule has 1 amide bonds. The maximum atomic E-state index is 11.6. The molecule has 11 heteroatoms. The first-order valence-corrected chi connectivity index (χ1v) is 7.59. The van der Waals surface area contributed by atoms with Crippen LogP contribution in [0.15, 0.2) is 0 Å². The van der Waals surface area contributed by atoms with E-state index in [1.54, 1.807) is 7.05 Å². The Hall–Kier alpha value is -0.575. The molecule has 0 aromatic rings. The summed E-state index contributed by atoms with van der Waals surface area (Å²) in [6, 6.07) is 0. The third kappa shape index (κ3) is 7.54. The molecule has 0 bridgehead atoms. The summed E-state index contributed by atoms with van der Waals surface area (Å²) in [5.41, 5.74) is 4.72. The van der Waals surface area contributed by atoms with Crippen LogP contribution in [-0.4, -0.2) is 59.8 Å². The van der Waals surface area contributed by atoms with Gasteiger partial charge in [0.1, 0.15) is 5.54 Å². The van der Waals surface area contributed by atoms with Crippen LogP contribution < -0.4 is 16.4 Å². The van der Waals surface area contributed by atoms with Gasteiger partial charge in [0.2, 0.25) is 5.91 Å². The average Bonchev–Trinajstić information content (AvgIpc) is 2.44. The fraction of sp³-hybridized carbons (Fsp3) is 0.846. The number of hydrogen-bond donors (Lipinski definition) is 6. The molecule has 142 valence electrons. The molecule has 0 aromatic heterocycles. The minimum Gasteiger partial charge on any atom is -0.480 e. The number of halogens is 2. The first kappa shape index (κ1) is 25.7. The molecule has 7 N–H and O–H groups in total. The Labute approximate surface area is 154 Å². The smallest absolute Gasteiger partial charge is 0.451 e. The Balaban J connectivity index is 0. The van der Waals surface area contributed by atoms with Gasteiger partial charge in [-0.15, -0.1) is 24.8 Å². The van der Waals surface area contributed by atoms with Crippen LogP contribution in [0.5, 0.6) is 0 Å². The van der Waals surface area contributed by atoms with E-state index in [4.69, 9.17) is 15.8 Å². The predicted octanol–water partition coefficient (Wildman–Crippen LogP) is -0.773. The quantitative estimate of drug-likeness (QED) is 0.300. The normalized spacial score (nSPS) is 25.8. The zero-order valence-electron chi connectivity index (χ0n) is 13.7. The summed E-state index contributed by atoms with van der Waals surface area (Å²) in [7, 11) is 0.278. The summed E-state index contributed by atoms with van der Waals surface area (Å²) < 4.78 is 0. The van der Waals surface area contributed by atoms with Gasteiger partial charge in [0, 0.05) is 12.5 Å². The van der Waals surface area contributed by atoms with Gasteiger partial charge in [0.25, 0.3) is 0 Å². The summed E-state index contributed by atoms with van der Waals surface area (Å²) >= 11 is 0. The lowest BCUT2D eigenvalue weighted by Crippen LogP contribution is -2.60. The summed E-state index contributed by atoms with van der Waals surface area (Å²) in [5, 5.41) is 32.8. The van der Waals surface area contributed by atoms with Crippen LogP contribution in [0.2, 0.25) is 6.32 Å². The van der Waals surface area contributed by atoms with Crippen molar-refractivity contribution in [2.24, 2.45) is 17.6 Å². The molecule has 1 aliphatic rings. The van der Waals surface area contributed by atoms with Crippen molar-refractivity contribution in [1.82, 2.24) is 10.6 Å². The first-order valence-electron chi connectivity index (χ1n) is 7.59. The lowest BCUT2D eigenvalue weighted by molar-refractivity contribution is -0.148. The number of nitrogens with two attached hydrogens (primary N) is 1. The van der Waals surface area contributed by atoms with Crippen molar-refractivity contribution < 1.29 is 24.7 Å². The topological polar surface area (TPSA) is 145 Å². The van der Waals surface area contributed by atoms with Gasteiger partial charge in [-0.2, -0.15) is 0 Å². The molecule has 1 saturated carbocycles. The van der Waals surface area contributed by atoms with E-state index in [0.29, 0.717) is 12.8 Å². The Morgan fingerprint density at radius 1 is 1.29 bits per heavy atom. The number of carbonyl (C=O) groups excluding carboxylic acids is 1. The van der Waals surface area contributed by atoms with E-state index in [1.807, 2.05) is 0 Å². The number of nitrogens with one attached hydrogen (secondary N) is 2. The van der Waals surface area contributed by atoms with Gasteiger partial charge in [-0.05, 0) is 38.5 Å². The summed E-state index contributed by atoms with van der Waals surface area (Å²) in [4.78, 5) is 23.1. The highest BCUT2D eigenvalue weighted by Gasteiger charge is 2.46. The van der Waals surface area contributed by atoms with E-state index < -0.39 is 18.6 Å². The van der Waals surface area contributed by atoms with E-state index in [9.17, 15) is 14.7 Å². The highest BCUT2D eigenvalue weighted by molar-refractivity contribution is 6.40. The molecule has 1 rings (SSSR count). The standard InChI is InChI=1S/C13H26BN3O5.2ClH/c1-16-8-11(18)17-7-10-3-2-9(4-5-14(21)22)6-13(10,15)12(19)20;;/h9-10,16,21-22H,2-8,15H2,1H3,(H,17,18)(H,19,20);2*1H/t9-,10-,13+;;/m0../s1. The average molecular weight is 388 g/mol. The Morgan fingerprint density at radius 2 is 1.92 bits per heavy atom. The van der Waals surface area contributed by atoms with Gasteiger partial charge in [0.05, 0.1) is 6.54 Å². The van der Waals surface area contributed by atoms with Crippen molar-refractivity contribution >= 4 is 43.8 Å². The van der Waals surface area contributed by atoms with Gasteiger partial charge >= 0.3 is 13.1 Å². The maximum Gasteiger partial charge on any atom is 0.451 e. The minimum atomic E-state index is -1.39. The molecule has 0 unspecified atom stereocenters. The van der Waals surface area contributed by atoms with Gasteiger partial charge in [-0.25, -0.2) is 0 Å². The Bertz CT molecular complexity index is 406. The van der Waals surface area contributed by atoms with Gasteiger partial charge in [0.15, 0.2) is 0 Å². The summed E-state index contributed by atoms with van der Waals surface area (Å²) in [6.45, 7) is 0.410. The second-order valence-electron chi connectivity index (χ2n) is 6.08. The van der Waals surface area contributed by atoms with Crippen LogP contribution in [-0.2, 0) is 9.59 Å². The Morgan fingerprint density at radius 3 is 2.42 bits per heavy atom. The number of rotatable bonds is 8. The van der Waals surface area contributed by atoms with Gasteiger partial charge < -0.3 is 31.5 Å². The fourth-order valence-corrected chi connectivity index (χ4v) is 3.08. The van der Waals surface area contributed by atoms with Crippen molar-refractivity contribution in [2.75, 3.05) is 20.1 Å². The van der Waals surface area contributed by atoms with Gasteiger partial charge in [-0.3, -0.25) is 9.59 Å². The molecule has 0 radical (unpaired) electrons. The van der Waals surface area contributed by atoms with Crippen molar-refractivity contribution in [1.29, 1.82) is 0 Å². The molecule has 0 saturated heterocycles. The second-order valence-corrected chi connectivity index (χ2v) is 6.08. The molecule has 1 aliphatic carbocycles. The minimum absolute atomic E-state index is 0. The molecule has 0 spiro atoms. The number of carbonyl (C=O) groups is 2. The first-order chi connectivity index (χ1) is 10.3. The van der Waals surface area contributed by atoms with Gasteiger partial charge in [-0.1, -0.05) is 6.42 Å². The van der Waals surface area contributed by atoms with Crippen LogP contribution in [0.25, 0.3) is 0 Å². The van der Waals surface area contributed by atoms with Crippen molar-refractivity contribution in [3.63, 3.8) is 0 Å². The predicted molar refractivity (Wildman–Crippen MR) is 96.4 cm³/mol. The number of hydrogen-bond acceptors (Lipinski definition) is 6. The second kappa shape index (κ2) is 11.9. The third-order valence-electron chi connectivity index (χ3n) is 4.39. The van der Waals surface area contributed by atoms with Crippen molar-refractivity contribution in [3.05, 3.63) is 0 Å². The summed E-state index contributed by atoms with van der Waals surface area (Å²) in [5.74, 6) is -1.55. The van der Waals surface area contributed by atoms with E-state index in [1.165, 1.54) is 0 Å². The molecule has 1 fully saturated rings. The van der Waals surface area contributed by atoms with Crippen molar-refractivity contribution in [3.8, 4) is 0 Å². The van der Waals surface area contributed by atoms with Crippen LogP contribution in [0.1, 0.15) is 25.7 Å². The SMILES string of the molecule is CNCC(=O)NC[C@@H]1CC[C@@H](CCB(O)O)C[C@]1(N)C(=O)O.Cl.Cl. The molecular formula is C13H28BCl2N3O5. The van der Waals surface area contributed by atoms with Crippen LogP contribution in [0.3, 0.4) is 0 Å². The van der Waals surface area contributed by atoms with E-state index in [-0.39, 0.29) is 68.4 Å². The molecule has 8 nitrogen and oxygen atoms in total. The zero-order chi connectivity index (χ0) is 16.8. The van der Waals surface area contributed by atoms with Crippen LogP contribution in [0.4, 0.5) is 0 Å². The number of carboxylic acid groups (broad SMARTS) is 1. The molecule has 24 heavy (non-hydrogen) atoms. The number of amides is 1. The van der Waals surface area contributed by atoms with Crippen LogP contribution in [0, 0.1) is 11.8 Å². The highest BCUT2D eigenvalue weighted by Crippen LogP contribution is 2.37. The lowest BCUT2D eigenvalue weighted by atomic mass is 9.66. The maximum absolute atomic E-state index is 11.6. The van der Waals surface area contributed by atoms with E-state index >= 15 is 0 Å². The van der Waals surface area contributed by atoms with Crippen molar-refractivity contribution in [2.45, 2.75) is 37.5 Å². The molecular weight excluding hydrogens is 360 g/mol. The third-order valence-corrected chi connectivity index (χ3v) is 4.39. The molecule has 0 heterocycles. The van der Waals surface area contributed by atoms with E-state index in [2.05, 4.69) is 10.6 Å². The fourth-order valence-electron chi connectivity index (χ4n) is 3.08. The Kier molecular flexibility index (Phi) is 12.7. The largest absolute Gasteiger partial charge is 0.480 e. The zero-order valence-corrected chi connectivity index (χ0v) is 15.4. The highest BCUT2D eigenvalue weighted by atomic mass is 35.5. The van der Waals surface area contributed by atoms with E-state index in [0.717, 1.165) is 6.42 Å². The molecule has 3 atom stereocenters. The molecule has 0 aliphatic heterocycles. The lowest BCUT2D eigenvalue weighted by Gasteiger charge is -2.41. The number of aliphatic carboxylic acids is 1. The molecule has 0 aromatic carbocycles. The monoisotopic (exact) mass is 387 g/mol. The van der Waals surface area contributed by atoms with Crippen LogP contribution >= 0.6 is 24.8 Å². The number of likely N-dealkylation sites (N-methyl/N-ethyl adjacent to an activating group) is 1. The number of carboxylic acids is 1. The summed E-state index contributed by atoms with van der Waals surface area (Å²) in [6.07, 6.45) is 2.38.